The molecule has 0 radical (unpaired) electrons. The van der Waals surface area contributed by atoms with E-state index in [0.29, 0.717) is 16.6 Å². The van der Waals surface area contributed by atoms with Gasteiger partial charge in [-0.15, -0.1) is 0 Å². The molecule has 1 fully saturated rings. The second-order valence-electron chi connectivity index (χ2n) is 7.78. The first-order valence-corrected chi connectivity index (χ1v) is 10.2. The number of rotatable bonds is 4. The lowest BCUT2D eigenvalue weighted by atomic mass is 9.72. The number of likely N-dealkylation sites (tertiary alicyclic amines) is 1. The topological polar surface area (TPSA) is 128 Å². The molecule has 33 heavy (non-hydrogen) atoms. The van der Waals surface area contributed by atoms with Gasteiger partial charge in [0.15, 0.2) is 0 Å². The fourth-order valence-corrected chi connectivity index (χ4v) is 4.13. The zero-order valence-electron chi connectivity index (χ0n) is 17.6. The first-order valence-electron chi connectivity index (χ1n) is 10.2. The van der Waals surface area contributed by atoms with Crippen molar-refractivity contribution in [2.75, 3.05) is 13.1 Å². The van der Waals surface area contributed by atoms with Gasteiger partial charge in [-0.3, -0.25) is 19.4 Å². The molecule has 2 aromatic carbocycles. The summed E-state index contributed by atoms with van der Waals surface area (Å²) in [5, 5.41) is 28.4. The van der Waals surface area contributed by atoms with Gasteiger partial charge in [0.25, 0.3) is 12.4 Å². The van der Waals surface area contributed by atoms with E-state index in [1.807, 2.05) is 12.1 Å². The molecule has 1 aliphatic rings. The molecular formula is C24H23FN2O6. The fourth-order valence-electron chi connectivity index (χ4n) is 4.13. The number of hydrogen-bond acceptors (Lipinski definition) is 5. The second kappa shape index (κ2) is 10.2. The molecule has 1 saturated heterocycles. The van der Waals surface area contributed by atoms with Gasteiger partial charge >= 0.3 is 5.97 Å². The second-order valence-corrected chi connectivity index (χ2v) is 7.78. The normalized spacial score (nSPS) is 19.9. The molecule has 1 amide bonds. The van der Waals surface area contributed by atoms with Crippen molar-refractivity contribution in [2.45, 2.75) is 18.9 Å². The molecule has 172 valence electrons. The standard InChI is InChI=1S/C23H21FN2O4.CH2O2/c24-17-8-6-15(7-9-17)13-23(22(29)30)14-26(12-10-19(23)27)21(28)18-5-1-3-16-4-2-11-25-20(16)18;2-1-3/h1-9,11,19,27H,10,12-14H2,(H,29,30);1H,(H,2,3)/t19-,23+;/m0./s1. The molecule has 0 spiro atoms. The van der Waals surface area contributed by atoms with Crippen molar-refractivity contribution >= 4 is 29.3 Å². The van der Waals surface area contributed by atoms with Crippen molar-refractivity contribution in [3.8, 4) is 0 Å². The van der Waals surface area contributed by atoms with E-state index in [-0.39, 0.29) is 38.3 Å². The van der Waals surface area contributed by atoms with Gasteiger partial charge in [-0.05, 0) is 42.7 Å². The number of halogens is 1. The summed E-state index contributed by atoms with van der Waals surface area (Å²) in [4.78, 5) is 39.7. The van der Waals surface area contributed by atoms with E-state index in [4.69, 9.17) is 9.90 Å². The minimum Gasteiger partial charge on any atom is -0.483 e. The number of nitrogens with zero attached hydrogens (tertiary/aromatic N) is 2. The quantitative estimate of drug-likeness (QED) is 0.517. The van der Waals surface area contributed by atoms with Gasteiger partial charge in [0, 0.05) is 24.7 Å². The highest BCUT2D eigenvalue weighted by atomic mass is 19.1. The van der Waals surface area contributed by atoms with Gasteiger partial charge in [0.05, 0.1) is 17.2 Å². The van der Waals surface area contributed by atoms with E-state index in [1.54, 1.807) is 24.4 Å². The van der Waals surface area contributed by atoms with Crippen molar-refractivity contribution in [3.63, 3.8) is 0 Å². The van der Waals surface area contributed by atoms with E-state index in [0.717, 1.165) is 5.39 Å². The number of amides is 1. The number of aliphatic carboxylic acids is 1. The number of pyridine rings is 1. The van der Waals surface area contributed by atoms with E-state index in [2.05, 4.69) is 4.98 Å². The molecule has 4 rings (SSSR count). The highest BCUT2D eigenvalue weighted by Crippen LogP contribution is 2.36. The van der Waals surface area contributed by atoms with Crippen molar-refractivity contribution < 1.29 is 34.1 Å². The summed E-state index contributed by atoms with van der Waals surface area (Å²) in [6.07, 6.45) is 0.600. The van der Waals surface area contributed by atoms with E-state index in [1.165, 1.54) is 29.2 Å². The number of carboxylic acids is 1. The van der Waals surface area contributed by atoms with Crippen LogP contribution in [-0.2, 0) is 16.0 Å². The number of carboxylic acid groups (broad SMARTS) is 2. The van der Waals surface area contributed by atoms with E-state index < -0.39 is 23.3 Å². The third-order valence-corrected chi connectivity index (χ3v) is 5.79. The number of aliphatic hydroxyl groups excluding tert-OH is 1. The van der Waals surface area contributed by atoms with Gasteiger partial charge < -0.3 is 20.2 Å². The van der Waals surface area contributed by atoms with Crippen LogP contribution >= 0.6 is 0 Å². The zero-order chi connectivity index (χ0) is 24.0. The van der Waals surface area contributed by atoms with Crippen LogP contribution in [0.5, 0.6) is 0 Å². The summed E-state index contributed by atoms with van der Waals surface area (Å²) in [7, 11) is 0. The van der Waals surface area contributed by atoms with Gasteiger partial charge in [0.2, 0.25) is 0 Å². The number of aromatic nitrogens is 1. The van der Waals surface area contributed by atoms with Crippen molar-refractivity contribution in [1.82, 2.24) is 9.88 Å². The predicted molar refractivity (Wildman–Crippen MR) is 117 cm³/mol. The number of aliphatic hydroxyl groups is 1. The SMILES string of the molecule is O=C(c1cccc2cccnc12)N1CC[C@H](O)[C@](Cc2ccc(F)cc2)(C(=O)O)C1.O=CO. The maximum Gasteiger partial charge on any atom is 0.314 e. The van der Waals surface area contributed by atoms with Crippen LogP contribution in [0.15, 0.2) is 60.8 Å². The van der Waals surface area contributed by atoms with Crippen LogP contribution in [0.3, 0.4) is 0 Å². The number of benzene rings is 2. The Balaban J connectivity index is 0.000000968. The molecule has 9 heteroatoms. The molecule has 0 saturated carbocycles. The number of para-hydroxylation sites is 1. The Hall–Kier alpha value is -3.85. The fraction of sp³-hybridized carbons (Fsp3) is 0.250. The minimum atomic E-state index is -1.58. The first kappa shape index (κ1) is 23.8. The summed E-state index contributed by atoms with van der Waals surface area (Å²) >= 11 is 0. The van der Waals surface area contributed by atoms with Gasteiger partial charge in [0.1, 0.15) is 11.2 Å². The summed E-state index contributed by atoms with van der Waals surface area (Å²) in [6, 6.07) is 14.4. The number of hydrogen-bond donors (Lipinski definition) is 3. The van der Waals surface area contributed by atoms with Crippen LogP contribution in [0, 0.1) is 11.2 Å². The van der Waals surface area contributed by atoms with Crippen LogP contribution in [-0.4, -0.2) is 62.7 Å². The smallest absolute Gasteiger partial charge is 0.314 e. The molecule has 0 unspecified atom stereocenters. The van der Waals surface area contributed by atoms with Crippen LogP contribution in [0.4, 0.5) is 4.39 Å². The lowest BCUT2D eigenvalue weighted by Gasteiger charge is -2.43. The third-order valence-electron chi connectivity index (χ3n) is 5.79. The molecule has 2 heterocycles. The van der Waals surface area contributed by atoms with Crippen LogP contribution in [0.2, 0.25) is 0 Å². The summed E-state index contributed by atoms with van der Waals surface area (Å²) in [6.45, 7) is -0.162. The Bertz CT molecular complexity index is 1150. The molecule has 3 N–H and O–H groups in total. The maximum absolute atomic E-state index is 13.3. The zero-order valence-corrected chi connectivity index (χ0v) is 17.6. The lowest BCUT2D eigenvalue weighted by molar-refractivity contribution is -0.161. The van der Waals surface area contributed by atoms with Gasteiger partial charge in [-0.2, -0.15) is 0 Å². The lowest BCUT2D eigenvalue weighted by Crippen LogP contribution is -2.58. The Morgan fingerprint density at radius 3 is 2.48 bits per heavy atom. The Labute approximate surface area is 188 Å². The van der Waals surface area contributed by atoms with Crippen LogP contribution in [0.1, 0.15) is 22.3 Å². The Kier molecular flexibility index (Phi) is 7.34. The number of carbonyl (C=O) groups is 3. The maximum atomic E-state index is 13.3. The molecule has 0 aliphatic carbocycles. The van der Waals surface area contributed by atoms with Crippen molar-refractivity contribution in [2.24, 2.45) is 5.41 Å². The Morgan fingerprint density at radius 1 is 1.15 bits per heavy atom. The molecule has 1 aliphatic heterocycles. The first-order chi connectivity index (χ1) is 15.8. The number of piperidine rings is 1. The molecule has 8 nitrogen and oxygen atoms in total. The number of carbonyl (C=O) groups excluding carboxylic acids is 1. The summed E-state index contributed by atoms with van der Waals surface area (Å²) in [5.74, 6) is -1.93. The molecule has 1 aromatic heterocycles. The van der Waals surface area contributed by atoms with Crippen LogP contribution < -0.4 is 0 Å². The van der Waals surface area contributed by atoms with Crippen molar-refractivity contribution in [1.29, 1.82) is 0 Å². The molecule has 3 aromatic rings. The predicted octanol–water partition coefficient (Wildman–Crippen LogP) is 2.60. The van der Waals surface area contributed by atoms with Gasteiger partial charge in [-0.25, -0.2) is 4.39 Å². The highest BCUT2D eigenvalue weighted by molar-refractivity contribution is 6.05. The molecule has 2 atom stereocenters. The van der Waals surface area contributed by atoms with E-state index in [9.17, 15) is 24.2 Å². The average molecular weight is 454 g/mol. The molecular weight excluding hydrogens is 431 g/mol. The molecule has 0 bridgehead atoms. The van der Waals surface area contributed by atoms with E-state index >= 15 is 0 Å². The van der Waals surface area contributed by atoms with Crippen molar-refractivity contribution in [3.05, 3.63) is 77.7 Å². The van der Waals surface area contributed by atoms with Gasteiger partial charge in [-0.1, -0.05) is 30.3 Å². The minimum absolute atomic E-state index is 0.0126. The monoisotopic (exact) mass is 454 g/mol. The third kappa shape index (κ3) is 4.98. The summed E-state index contributed by atoms with van der Waals surface area (Å²) in [5.41, 5.74) is -0.0517. The van der Waals surface area contributed by atoms with Crippen LogP contribution in [0.25, 0.3) is 10.9 Å². The number of fused-ring (bicyclic) bond motifs is 1. The summed E-state index contributed by atoms with van der Waals surface area (Å²) < 4.78 is 13.3. The highest BCUT2D eigenvalue weighted by Gasteiger charge is 2.50. The average Bonchev–Trinajstić information content (AvgIpc) is 2.81. The largest absolute Gasteiger partial charge is 0.483 e. The Morgan fingerprint density at radius 2 is 1.82 bits per heavy atom.